The van der Waals surface area contributed by atoms with Crippen LogP contribution < -0.4 is 5.32 Å². The van der Waals surface area contributed by atoms with Crippen molar-refractivity contribution in [2.24, 2.45) is 0 Å². The molecule has 0 aliphatic heterocycles. The van der Waals surface area contributed by atoms with Gasteiger partial charge in [0.25, 0.3) is 0 Å². The number of amides is 1. The van der Waals surface area contributed by atoms with Crippen LogP contribution in [0.15, 0.2) is 48.6 Å². The summed E-state index contributed by atoms with van der Waals surface area (Å²) in [5, 5.41) is 3.04. The molecule has 0 saturated heterocycles. The van der Waals surface area contributed by atoms with E-state index in [9.17, 15) is 19.0 Å². The van der Waals surface area contributed by atoms with Crippen molar-refractivity contribution in [3.8, 4) is 0 Å². The first-order chi connectivity index (χ1) is 36.4. The van der Waals surface area contributed by atoms with Crippen molar-refractivity contribution in [1.29, 1.82) is 0 Å². The summed E-state index contributed by atoms with van der Waals surface area (Å²) in [6.07, 6.45) is 68.4. The van der Waals surface area contributed by atoms with Crippen LogP contribution in [0.1, 0.15) is 303 Å². The number of carbonyl (C=O) groups is 2. The first kappa shape index (κ1) is 73.0. The number of phosphoric ester groups is 1. The standard InChI is InChI=1S/C65H123N2O7P/c1-7-10-13-16-19-22-25-28-30-31-32-33-34-35-36-37-38-40-43-46-49-52-55-58-65(69)74-63(56-53-50-47-44-41-27-24-21-18-15-12-9-3)62(61-73-75(70,71)72-60-59-67(4,5)6)66-64(68)57-54-51-48-45-42-39-29-26-23-20-17-14-11-8-2/h11,14,20,23,29,39,53,56,62-63H,7-10,12-13,15-19,21-22,24-28,30-38,40-52,54-55,57-61H2,1-6H3,(H-,66,68,70,71)/p+1/b14-11+,23-20+,39-29+,56-53-. The minimum absolute atomic E-state index is 0.0365. The Bertz CT molecular complexity index is 1420. The lowest BCUT2D eigenvalue weighted by molar-refractivity contribution is -0.870. The minimum Gasteiger partial charge on any atom is -0.456 e. The molecule has 0 rings (SSSR count). The number of ether oxygens (including phenoxy) is 1. The number of rotatable bonds is 58. The van der Waals surface area contributed by atoms with Gasteiger partial charge < -0.3 is 19.4 Å². The third kappa shape index (κ3) is 56.5. The number of nitrogens with one attached hydrogen (secondary N) is 1. The third-order valence-corrected chi connectivity index (χ3v) is 15.3. The molecule has 0 fully saturated rings. The minimum atomic E-state index is -4.45. The van der Waals surface area contributed by atoms with Gasteiger partial charge in [0.05, 0.1) is 33.8 Å². The number of nitrogens with zero attached hydrogens (tertiary/aromatic N) is 1. The number of hydrogen-bond donors (Lipinski definition) is 2. The highest BCUT2D eigenvalue weighted by Gasteiger charge is 2.30. The second-order valence-electron chi connectivity index (χ2n) is 22.9. The first-order valence-electron chi connectivity index (χ1n) is 32.0. The van der Waals surface area contributed by atoms with Crippen LogP contribution in [0.4, 0.5) is 0 Å². The van der Waals surface area contributed by atoms with Crippen molar-refractivity contribution >= 4 is 19.7 Å². The van der Waals surface area contributed by atoms with E-state index in [0.29, 0.717) is 23.9 Å². The van der Waals surface area contributed by atoms with E-state index in [-0.39, 0.29) is 25.1 Å². The number of carbonyl (C=O) groups excluding carboxylic acids is 2. The normalized spacial score (nSPS) is 14.0. The average Bonchev–Trinajstić information content (AvgIpc) is 3.37. The fraction of sp³-hybridized carbons (Fsp3) is 0.846. The summed E-state index contributed by atoms with van der Waals surface area (Å²) in [4.78, 5) is 37.7. The molecule has 0 aliphatic rings. The summed E-state index contributed by atoms with van der Waals surface area (Å²) in [6.45, 7) is 6.91. The van der Waals surface area contributed by atoms with E-state index in [1.807, 2.05) is 33.3 Å². The van der Waals surface area contributed by atoms with Crippen LogP contribution >= 0.6 is 7.82 Å². The quantitative estimate of drug-likeness (QED) is 0.0205. The molecule has 9 nitrogen and oxygen atoms in total. The Morgan fingerprint density at radius 1 is 0.480 bits per heavy atom. The zero-order valence-electron chi connectivity index (χ0n) is 50.3. The van der Waals surface area contributed by atoms with Gasteiger partial charge in [-0.25, -0.2) is 4.57 Å². The van der Waals surface area contributed by atoms with Crippen LogP contribution in [0.5, 0.6) is 0 Å². The molecule has 0 heterocycles. The van der Waals surface area contributed by atoms with E-state index in [0.717, 1.165) is 89.9 Å². The molecule has 0 saturated carbocycles. The molecule has 0 bridgehead atoms. The fourth-order valence-corrected chi connectivity index (χ4v) is 10.1. The SMILES string of the molecule is CC/C=C/C/C=C/C/C=C/CCCCCCC(=O)NC(COP(=O)(O)OCC[N+](C)(C)C)C(/C=C\CCCCCCCCCCCC)OC(=O)CCCCCCCCCCCCCCCCCCCCCCCCC. The van der Waals surface area contributed by atoms with E-state index in [1.165, 1.54) is 180 Å². The number of esters is 1. The highest BCUT2D eigenvalue weighted by atomic mass is 31.2. The molecule has 10 heteroatoms. The van der Waals surface area contributed by atoms with Crippen molar-refractivity contribution in [2.45, 2.75) is 315 Å². The molecular formula is C65H124N2O7P+. The van der Waals surface area contributed by atoms with E-state index in [1.54, 1.807) is 0 Å². The van der Waals surface area contributed by atoms with Crippen molar-refractivity contribution in [2.75, 3.05) is 40.9 Å². The summed E-state index contributed by atoms with van der Waals surface area (Å²) < 4.78 is 30.7. The van der Waals surface area contributed by atoms with Gasteiger partial charge in [-0.05, 0) is 63.9 Å². The lowest BCUT2D eigenvalue weighted by atomic mass is 10.0. The van der Waals surface area contributed by atoms with Crippen LogP contribution in [0, 0.1) is 0 Å². The average molecular weight is 1080 g/mol. The van der Waals surface area contributed by atoms with Crippen LogP contribution in [0.3, 0.4) is 0 Å². The van der Waals surface area contributed by atoms with E-state index in [2.05, 4.69) is 62.5 Å². The van der Waals surface area contributed by atoms with E-state index >= 15 is 0 Å². The number of quaternary nitrogens is 1. The van der Waals surface area contributed by atoms with Gasteiger partial charge in [-0.15, -0.1) is 0 Å². The Hall–Kier alpha value is -2.03. The molecule has 3 unspecified atom stereocenters. The third-order valence-electron chi connectivity index (χ3n) is 14.3. The maximum absolute atomic E-state index is 13.5. The molecule has 0 aromatic rings. The lowest BCUT2D eigenvalue weighted by Gasteiger charge is -2.27. The topological polar surface area (TPSA) is 111 Å². The Labute approximate surface area is 465 Å². The molecule has 2 N–H and O–H groups in total. The van der Waals surface area contributed by atoms with E-state index in [4.69, 9.17) is 13.8 Å². The maximum Gasteiger partial charge on any atom is 0.472 e. The molecule has 440 valence electrons. The molecule has 0 spiro atoms. The van der Waals surface area contributed by atoms with Crippen molar-refractivity contribution in [1.82, 2.24) is 5.32 Å². The second kappa shape index (κ2) is 55.3. The van der Waals surface area contributed by atoms with Gasteiger partial charge >= 0.3 is 13.8 Å². The number of likely N-dealkylation sites (N-methyl/N-ethyl adjacent to an activating group) is 1. The Kier molecular flexibility index (Phi) is 53.8. The zero-order valence-corrected chi connectivity index (χ0v) is 51.2. The van der Waals surface area contributed by atoms with Crippen LogP contribution in [0.25, 0.3) is 0 Å². The summed E-state index contributed by atoms with van der Waals surface area (Å²) in [5.74, 6) is -0.520. The van der Waals surface area contributed by atoms with Gasteiger partial charge in [-0.2, -0.15) is 0 Å². The molecule has 0 aromatic heterocycles. The highest BCUT2D eigenvalue weighted by molar-refractivity contribution is 7.47. The lowest BCUT2D eigenvalue weighted by Crippen LogP contribution is -2.47. The fourth-order valence-electron chi connectivity index (χ4n) is 9.37. The number of unbranched alkanes of at least 4 members (excludes halogenated alkanes) is 36. The van der Waals surface area contributed by atoms with Crippen molar-refractivity contribution in [3.63, 3.8) is 0 Å². The number of phosphoric acid groups is 1. The number of hydrogen-bond acceptors (Lipinski definition) is 6. The van der Waals surface area contributed by atoms with Crippen LogP contribution in [0.2, 0.25) is 0 Å². The molecule has 0 aliphatic carbocycles. The number of allylic oxidation sites excluding steroid dienone is 7. The predicted molar refractivity (Wildman–Crippen MR) is 323 cm³/mol. The van der Waals surface area contributed by atoms with Crippen LogP contribution in [-0.2, 0) is 27.9 Å². The monoisotopic (exact) mass is 1080 g/mol. The van der Waals surface area contributed by atoms with Crippen molar-refractivity contribution in [3.05, 3.63) is 48.6 Å². The smallest absolute Gasteiger partial charge is 0.456 e. The molecule has 1 amide bonds. The zero-order chi connectivity index (χ0) is 55.0. The summed E-state index contributed by atoms with van der Waals surface area (Å²) in [5.41, 5.74) is 0. The highest BCUT2D eigenvalue weighted by Crippen LogP contribution is 2.43. The molecule has 0 aromatic carbocycles. The van der Waals surface area contributed by atoms with Gasteiger partial charge in [0.2, 0.25) is 5.91 Å². The van der Waals surface area contributed by atoms with E-state index < -0.39 is 20.0 Å². The summed E-state index contributed by atoms with van der Waals surface area (Å²) in [7, 11) is 1.49. The van der Waals surface area contributed by atoms with Gasteiger partial charge in [0.15, 0.2) is 0 Å². The van der Waals surface area contributed by atoms with Crippen LogP contribution in [-0.4, -0.2) is 74.3 Å². The predicted octanol–water partition coefficient (Wildman–Crippen LogP) is 19.7. The molecule has 75 heavy (non-hydrogen) atoms. The molecule has 0 radical (unpaired) electrons. The Morgan fingerprint density at radius 3 is 1.28 bits per heavy atom. The van der Waals surface area contributed by atoms with Gasteiger partial charge in [-0.1, -0.05) is 275 Å². The summed E-state index contributed by atoms with van der Waals surface area (Å²) >= 11 is 0. The van der Waals surface area contributed by atoms with Crippen molar-refractivity contribution < 1.29 is 37.3 Å². The second-order valence-corrected chi connectivity index (χ2v) is 24.4. The maximum atomic E-state index is 13.5. The Morgan fingerprint density at radius 2 is 0.853 bits per heavy atom. The molecular weight excluding hydrogens is 952 g/mol. The van der Waals surface area contributed by atoms with Gasteiger partial charge in [0.1, 0.15) is 19.3 Å². The Balaban J connectivity index is 5.13. The first-order valence-corrected chi connectivity index (χ1v) is 33.5. The molecule has 3 atom stereocenters. The summed E-state index contributed by atoms with van der Waals surface area (Å²) in [6, 6.07) is -0.857. The van der Waals surface area contributed by atoms with Gasteiger partial charge in [-0.3, -0.25) is 18.6 Å². The van der Waals surface area contributed by atoms with Gasteiger partial charge in [0, 0.05) is 12.8 Å². The largest absolute Gasteiger partial charge is 0.472 e.